The summed E-state index contributed by atoms with van der Waals surface area (Å²) in [4.78, 5) is 28.6. The molecule has 2 N–H and O–H groups in total. The Morgan fingerprint density at radius 3 is 1.88 bits per heavy atom. The van der Waals surface area contributed by atoms with Crippen LogP contribution in [0, 0.1) is 0 Å². The number of amides is 2. The number of carbonyl (C=O) groups is 2. The first-order valence-corrected chi connectivity index (χ1v) is 14.0. The summed E-state index contributed by atoms with van der Waals surface area (Å²) in [5.41, 5.74) is 9.00. The number of hydrazone groups is 1. The lowest BCUT2D eigenvalue weighted by Crippen LogP contribution is -2.33. The smallest absolute Gasteiger partial charge is 0.287 e. The van der Waals surface area contributed by atoms with Gasteiger partial charge >= 0.3 is 0 Å². The van der Waals surface area contributed by atoms with Gasteiger partial charge in [0.1, 0.15) is 5.70 Å². The predicted octanol–water partition coefficient (Wildman–Crippen LogP) is 6.90. The highest BCUT2D eigenvalue weighted by atomic mass is 16.2. The summed E-state index contributed by atoms with van der Waals surface area (Å²) in [6.45, 7) is 8.02. The van der Waals surface area contributed by atoms with E-state index in [9.17, 15) is 9.59 Å². The molecule has 0 aromatic heterocycles. The van der Waals surface area contributed by atoms with Gasteiger partial charge in [0, 0.05) is 24.3 Å². The Kier molecular flexibility index (Phi) is 10.2. The van der Waals surface area contributed by atoms with Crippen molar-refractivity contribution < 1.29 is 9.59 Å². The lowest BCUT2D eigenvalue weighted by atomic mass is 10.0. The molecule has 0 saturated heterocycles. The van der Waals surface area contributed by atoms with Crippen molar-refractivity contribution in [2.45, 2.75) is 27.2 Å². The van der Waals surface area contributed by atoms with E-state index in [0.29, 0.717) is 12.0 Å². The van der Waals surface area contributed by atoms with Crippen LogP contribution in [0.3, 0.4) is 0 Å². The minimum atomic E-state index is -0.506. The van der Waals surface area contributed by atoms with Gasteiger partial charge in [-0.05, 0) is 72.9 Å². The predicted molar refractivity (Wildman–Crippen MR) is 169 cm³/mol. The highest BCUT2D eigenvalue weighted by molar-refractivity contribution is 6.06. The fourth-order valence-corrected chi connectivity index (χ4v) is 4.49. The highest BCUT2D eigenvalue weighted by Crippen LogP contribution is 2.20. The molecule has 41 heavy (non-hydrogen) atoms. The summed E-state index contributed by atoms with van der Waals surface area (Å²) < 4.78 is 0. The topological polar surface area (TPSA) is 73.8 Å². The Labute approximate surface area is 242 Å². The first-order valence-electron chi connectivity index (χ1n) is 14.0. The average molecular weight is 545 g/mol. The van der Waals surface area contributed by atoms with Crippen LogP contribution < -0.4 is 15.6 Å². The number of rotatable bonds is 11. The molecule has 0 unspecified atom stereocenters. The van der Waals surface area contributed by atoms with E-state index in [4.69, 9.17) is 0 Å². The zero-order valence-corrected chi connectivity index (χ0v) is 23.8. The number of hydrogen-bond acceptors (Lipinski definition) is 4. The molecule has 4 aromatic rings. The average Bonchev–Trinajstić information content (AvgIpc) is 3.03. The molecular weight excluding hydrogens is 508 g/mol. The Morgan fingerprint density at radius 2 is 1.29 bits per heavy atom. The van der Waals surface area contributed by atoms with E-state index in [1.165, 1.54) is 0 Å². The highest BCUT2D eigenvalue weighted by Gasteiger charge is 2.15. The van der Waals surface area contributed by atoms with Crippen LogP contribution in [-0.4, -0.2) is 30.6 Å². The zero-order valence-electron chi connectivity index (χ0n) is 23.8. The molecule has 0 aliphatic carbocycles. The Bertz CT molecular complexity index is 1490. The third-order valence-corrected chi connectivity index (χ3v) is 6.81. The summed E-state index contributed by atoms with van der Waals surface area (Å²) in [5.74, 6) is -0.878. The van der Waals surface area contributed by atoms with Crippen molar-refractivity contribution >= 4 is 29.3 Å². The van der Waals surface area contributed by atoms with Crippen LogP contribution in [0.2, 0.25) is 0 Å². The van der Waals surface area contributed by atoms with Gasteiger partial charge < -0.3 is 10.2 Å². The maximum atomic E-state index is 13.4. The van der Waals surface area contributed by atoms with Crippen LogP contribution in [0.15, 0.2) is 120 Å². The molecule has 0 atom stereocenters. The third-order valence-electron chi connectivity index (χ3n) is 6.81. The standard InChI is InChI=1S/C35H36N4O2/c1-4-32(29-21-19-28(20-22-29)27-13-9-7-10-14-27)37-38-35(41)33(36-34(40)30-15-11-8-12-16-30)25-26-17-23-31(24-18-26)39(5-2)6-3/h7-25H,4-6H2,1-3H3,(H,36,40)(H,38,41)/b33-25+,37-32+. The summed E-state index contributed by atoms with van der Waals surface area (Å²) >= 11 is 0. The van der Waals surface area contributed by atoms with E-state index in [2.05, 4.69) is 46.7 Å². The summed E-state index contributed by atoms with van der Waals surface area (Å²) in [7, 11) is 0. The summed E-state index contributed by atoms with van der Waals surface area (Å²) in [6.07, 6.45) is 2.28. The fourth-order valence-electron chi connectivity index (χ4n) is 4.49. The Balaban J connectivity index is 1.57. The van der Waals surface area contributed by atoms with Crippen molar-refractivity contribution in [1.29, 1.82) is 0 Å². The van der Waals surface area contributed by atoms with E-state index in [1.54, 1.807) is 30.3 Å². The number of nitrogens with zero attached hydrogens (tertiary/aromatic N) is 2. The van der Waals surface area contributed by atoms with Gasteiger partial charge in [-0.15, -0.1) is 0 Å². The van der Waals surface area contributed by atoms with Crippen molar-refractivity contribution in [3.63, 3.8) is 0 Å². The van der Waals surface area contributed by atoms with E-state index >= 15 is 0 Å². The molecule has 0 spiro atoms. The third kappa shape index (κ3) is 7.79. The first kappa shape index (κ1) is 29.0. The summed E-state index contributed by atoms with van der Waals surface area (Å²) in [5, 5.41) is 7.21. The molecule has 0 aliphatic rings. The minimum absolute atomic E-state index is 0.105. The van der Waals surface area contributed by atoms with Gasteiger partial charge in [-0.1, -0.05) is 91.9 Å². The first-order chi connectivity index (χ1) is 20.0. The molecule has 4 aromatic carbocycles. The fraction of sp³-hybridized carbons (Fsp3) is 0.171. The number of nitrogens with one attached hydrogen (secondary N) is 2. The number of carbonyl (C=O) groups excluding carboxylic acids is 2. The SMILES string of the molecule is CC/C(=N\NC(=O)/C(=C\c1ccc(N(CC)CC)cc1)NC(=O)c1ccccc1)c1ccc(-c2ccccc2)cc1. The lowest BCUT2D eigenvalue weighted by Gasteiger charge is -2.21. The van der Waals surface area contributed by atoms with Gasteiger partial charge in [0.15, 0.2) is 0 Å². The van der Waals surface area contributed by atoms with Crippen LogP contribution >= 0.6 is 0 Å². The Morgan fingerprint density at radius 1 is 0.707 bits per heavy atom. The number of hydrogen-bond donors (Lipinski definition) is 2. The molecule has 4 rings (SSSR count). The molecule has 0 fully saturated rings. The maximum Gasteiger partial charge on any atom is 0.287 e. The molecule has 0 saturated carbocycles. The molecule has 2 amide bonds. The zero-order chi connectivity index (χ0) is 29.0. The van der Waals surface area contributed by atoms with E-state index in [1.807, 2.05) is 79.7 Å². The molecule has 0 radical (unpaired) electrons. The van der Waals surface area contributed by atoms with Crippen LogP contribution in [-0.2, 0) is 4.79 Å². The molecule has 208 valence electrons. The maximum absolute atomic E-state index is 13.4. The van der Waals surface area contributed by atoms with E-state index in [-0.39, 0.29) is 11.6 Å². The van der Waals surface area contributed by atoms with Gasteiger partial charge in [-0.3, -0.25) is 9.59 Å². The second-order valence-corrected chi connectivity index (χ2v) is 9.44. The second kappa shape index (κ2) is 14.4. The molecule has 6 heteroatoms. The van der Waals surface area contributed by atoms with Gasteiger partial charge in [0.2, 0.25) is 0 Å². The van der Waals surface area contributed by atoms with Crippen molar-refractivity contribution in [2.75, 3.05) is 18.0 Å². The van der Waals surface area contributed by atoms with Gasteiger partial charge in [0.05, 0.1) is 5.71 Å². The van der Waals surface area contributed by atoms with Crippen LogP contribution in [0.1, 0.15) is 48.7 Å². The normalized spacial score (nSPS) is 11.6. The van der Waals surface area contributed by atoms with Gasteiger partial charge in [0.25, 0.3) is 11.8 Å². The monoisotopic (exact) mass is 544 g/mol. The quantitative estimate of drug-likeness (QED) is 0.123. The molecular formula is C35H36N4O2. The molecule has 6 nitrogen and oxygen atoms in total. The van der Waals surface area contributed by atoms with E-state index < -0.39 is 5.91 Å². The molecule has 0 aliphatic heterocycles. The lowest BCUT2D eigenvalue weighted by molar-refractivity contribution is -0.117. The van der Waals surface area contributed by atoms with Gasteiger partial charge in [-0.25, -0.2) is 5.43 Å². The van der Waals surface area contributed by atoms with Crippen molar-refractivity contribution in [3.8, 4) is 11.1 Å². The number of anilines is 1. The largest absolute Gasteiger partial charge is 0.372 e. The molecule has 0 heterocycles. The summed E-state index contributed by atoms with van der Waals surface area (Å²) in [6, 6.07) is 35.0. The molecule has 0 bridgehead atoms. The van der Waals surface area contributed by atoms with Crippen LogP contribution in [0.4, 0.5) is 5.69 Å². The number of benzene rings is 4. The second-order valence-electron chi connectivity index (χ2n) is 9.44. The van der Waals surface area contributed by atoms with E-state index in [0.717, 1.165) is 46.7 Å². The minimum Gasteiger partial charge on any atom is -0.372 e. The van der Waals surface area contributed by atoms with Crippen LogP contribution in [0.25, 0.3) is 17.2 Å². The van der Waals surface area contributed by atoms with Crippen LogP contribution in [0.5, 0.6) is 0 Å². The Hall–Kier alpha value is -4.97. The van der Waals surface area contributed by atoms with Gasteiger partial charge in [-0.2, -0.15) is 5.10 Å². The van der Waals surface area contributed by atoms with Crippen molar-refractivity contribution in [3.05, 3.63) is 132 Å². The van der Waals surface area contributed by atoms with Crippen molar-refractivity contribution in [2.24, 2.45) is 5.10 Å². The van der Waals surface area contributed by atoms with Crippen molar-refractivity contribution in [1.82, 2.24) is 10.7 Å².